The van der Waals surface area contributed by atoms with Crippen LogP contribution >= 0.6 is 0 Å². The fraction of sp³-hybridized carbons (Fsp3) is 0.250. The van der Waals surface area contributed by atoms with Crippen molar-refractivity contribution in [2.24, 2.45) is 0 Å². The van der Waals surface area contributed by atoms with Gasteiger partial charge in [0, 0.05) is 0 Å². The zero-order valence-corrected chi connectivity index (χ0v) is 19.5. The smallest absolute Gasteiger partial charge is 0.212 e. The van der Waals surface area contributed by atoms with Crippen LogP contribution in [0.3, 0.4) is 0 Å². The van der Waals surface area contributed by atoms with E-state index >= 15 is 0 Å². The van der Waals surface area contributed by atoms with Gasteiger partial charge in [0.1, 0.15) is 0 Å². The Hall–Kier alpha value is -1.99. The van der Waals surface area contributed by atoms with Crippen LogP contribution in [0.5, 0.6) is 0 Å². The Bertz CT molecular complexity index is 783. The monoisotopic (exact) mass is 408 g/mol. The summed E-state index contributed by atoms with van der Waals surface area (Å²) in [6.07, 6.45) is 4.20. The largest absolute Gasteiger partial charge is 0.403 e. The number of rotatable bonds is 6. The molecule has 2 aromatic rings. The van der Waals surface area contributed by atoms with E-state index in [1.54, 1.807) is 0 Å². The third-order valence-electron chi connectivity index (χ3n) is 4.50. The first-order valence-corrected chi connectivity index (χ1v) is 15.6. The Morgan fingerprint density at radius 3 is 2.04 bits per heavy atom. The summed E-state index contributed by atoms with van der Waals surface area (Å²) in [5.41, 5.74) is 6.60. The van der Waals surface area contributed by atoms with Crippen molar-refractivity contribution in [1.82, 2.24) is 0 Å². The van der Waals surface area contributed by atoms with Crippen LogP contribution in [0, 0.1) is 0 Å². The minimum atomic E-state index is -1.75. The molecule has 0 bridgehead atoms. The first-order chi connectivity index (χ1) is 13.3. The first-order valence-electron chi connectivity index (χ1n) is 9.67. The Labute approximate surface area is 172 Å². The van der Waals surface area contributed by atoms with Gasteiger partial charge in [-0.3, -0.25) is 0 Å². The summed E-state index contributed by atoms with van der Waals surface area (Å²) in [7, 11) is -3.22. The Morgan fingerprint density at radius 2 is 1.57 bits per heavy atom. The van der Waals surface area contributed by atoms with Crippen LogP contribution in [0.1, 0.15) is 23.3 Å². The Kier molecular flexibility index (Phi) is 7.95. The first kappa shape index (κ1) is 22.3. The molecular formula is C24H32O2Si2. The standard InChI is InChI=1S/C13H18OSi.C11H14OSi/c1-5-13(14-15(3,4)6-2)12-10-8-7-9-11-12;1-13(2)9-8-11(12-13)10-6-4-3-5-7-10/h5-11,13H,1-2H2,3-4H3;3-9,11H,1-2H3. The van der Waals surface area contributed by atoms with Crippen molar-refractivity contribution in [3.8, 4) is 0 Å². The summed E-state index contributed by atoms with van der Waals surface area (Å²) < 4.78 is 12.0. The third-order valence-corrected chi connectivity index (χ3v) is 8.20. The van der Waals surface area contributed by atoms with E-state index in [0.29, 0.717) is 0 Å². The van der Waals surface area contributed by atoms with Crippen LogP contribution in [0.4, 0.5) is 0 Å². The molecule has 0 N–H and O–H groups in total. The SMILES string of the molecule is C=CC(O[Si](C)(C)C=C)c1ccccc1.C[Si]1(C)C=CC(c2ccccc2)O1. The summed E-state index contributed by atoms with van der Waals surface area (Å²) in [5, 5.41) is 0. The van der Waals surface area contributed by atoms with Crippen LogP contribution in [-0.4, -0.2) is 16.6 Å². The molecule has 148 valence electrons. The van der Waals surface area contributed by atoms with Gasteiger partial charge in [0.2, 0.25) is 16.6 Å². The van der Waals surface area contributed by atoms with Gasteiger partial charge < -0.3 is 8.85 Å². The minimum Gasteiger partial charge on any atom is -0.403 e. The molecule has 0 amide bonds. The Morgan fingerprint density at radius 1 is 1.00 bits per heavy atom. The molecule has 3 rings (SSSR count). The van der Waals surface area contributed by atoms with Crippen LogP contribution in [0.25, 0.3) is 0 Å². The molecule has 0 saturated carbocycles. The second-order valence-electron chi connectivity index (χ2n) is 7.90. The van der Waals surface area contributed by atoms with Crippen molar-refractivity contribution < 1.29 is 8.85 Å². The van der Waals surface area contributed by atoms with Crippen LogP contribution in [0.2, 0.25) is 26.2 Å². The number of hydrogen-bond donors (Lipinski definition) is 0. The molecule has 1 heterocycles. The van der Waals surface area contributed by atoms with Gasteiger partial charge in [-0.25, -0.2) is 0 Å². The maximum atomic E-state index is 6.03. The Balaban J connectivity index is 0.000000202. The average molecular weight is 409 g/mol. The molecule has 2 nitrogen and oxygen atoms in total. The van der Waals surface area contributed by atoms with E-state index in [9.17, 15) is 0 Å². The third kappa shape index (κ3) is 6.87. The summed E-state index contributed by atoms with van der Waals surface area (Å²) in [6.45, 7) is 16.3. The van der Waals surface area contributed by atoms with Crippen molar-refractivity contribution in [2.75, 3.05) is 0 Å². The highest BCUT2D eigenvalue weighted by Gasteiger charge is 2.29. The topological polar surface area (TPSA) is 18.5 Å². The molecule has 2 aromatic carbocycles. The molecule has 0 radical (unpaired) electrons. The summed E-state index contributed by atoms with van der Waals surface area (Å²) >= 11 is 0. The second kappa shape index (κ2) is 9.98. The number of benzene rings is 2. The highest BCUT2D eigenvalue weighted by Crippen LogP contribution is 2.30. The molecule has 0 fully saturated rings. The van der Waals surface area contributed by atoms with E-state index in [0.717, 1.165) is 5.56 Å². The average Bonchev–Trinajstić information content (AvgIpc) is 3.08. The molecule has 0 saturated heterocycles. The zero-order valence-electron chi connectivity index (χ0n) is 17.5. The molecule has 4 heteroatoms. The van der Waals surface area contributed by atoms with Gasteiger partial charge in [0.25, 0.3) is 0 Å². The molecule has 0 aromatic heterocycles. The molecule has 1 aliphatic heterocycles. The number of hydrogen-bond acceptors (Lipinski definition) is 2. The van der Waals surface area contributed by atoms with Gasteiger partial charge in [-0.05, 0) is 37.3 Å². The van der Waals surface area contributed by atoms with Crippen LogP contribution in [0.15, 0.2) is 97.4 Å². The fourth-order valence-electron chi connectivity index (χ4n) is 2.82. The highest BCUT2D eigenvalue weighted by atomic mass is 28.4. The van der Waals surface area contributed by atoms with Gasteiger partial charge in [0.05, 0.1) is 12.2 Å². The maximum Gasteiger partial charge on any atom is 0.212 e. The highest BCUT2D eigenvalue weighted by molar-refractivity contribution is 6.77. The van der Waals surface area contributed by atoms with Gasteiger partial charge >= 0.3 is 0 Å². The van der Waals surface area contributed by atoms with Crippen molar-refractivity contribution in [3.63, 3.8) is 0 Å². The van der Waals surface area contributed by atoms with E-state index in [4.69, 9.17) is 8.85 Å². The maximum absolute atomic E-state index is 6.03. The van der Waals surface area contributed by atoms with Gasteiger partial charge in [-0.2, -0.15) is 0 Å². The lowest BCUT2D eigenvalue weighted by Gasteiger charge is -2.24. The minimum absolute atomic E-state index is 0.0223. The summed E-state index contributed by atoms with van der Waals surface area (Å²) in [5.74, 6) is 0. The van der Waals surface area contributed by atoms with Gasteiger partial charge in [0.15, 0.2) is 0 Å². The lowest BCUT2D eigenvalue weighted by atomic mass is 10.1. The lowest BCUT2D eigenvalue weighted by Crippen LogP contribution is -2.29. The van der Waals surface area contributed by atoms with E-state index in [1.807, 2.05) is 36.0 Å². The van der Waals surface area contributed by atoms with Gasteiger partial charge in [-0.1, -0.05) is 84.2 Å². The molecule has 2 unspecified atom stereocenters. The van der Waals surface area contributed by atoms with Gasteiger partial charge in [-0.15, -0.1) is 13.2 Å². The van der Waals surface area contributed by atoms with E-state index in [-0.39, 0.29) is 12.2 Å². The van der Waals surface area contributed by atoms with Crippen molar-refractivity contribution >= 4 is 16.6 Å². The van der Waals surface area contributed by atoms with E-state index < -0.39 is 16.6 Å². The normalized spacial score (nSPS) is 18.6. The van der Waals surface area contributed by atoms with Crippen LogP contribution < -0.4 is 0 Å². The molecule has 2 atom stereocenters. The van der Waals surface area contributed by atoms with E-state index in [2.05, 4.69) is 87.5 Å². The van der Waals surface area contributed by atoms with Crippen molar-refractivity contribution in [2.45, 2.75) is 38.4 Å². The molecular weight excluding hydrogens is 376 g/mol. The predicted octanol–water partition coefficient (Wildman–Crippen LogP) is 6.92. The second-order valence-corrected chi connectivity index (χ2v) is 15.5. The quantitative estimate of drug-likeness (QED) is 0.381. The summed E-state index contributed by atoms with van der Waals surface area (Å²) in [4.78, 5) is 0. The molecule has 1 aliphatic rings. The van der Waals surface area contributed by atoms with Crippen molar-refractivity contribution in [1.29, 1.82) is 0 Å². The lowest BCUT2D eigenvalue weighted by molar-refractivity contribution is 0.251. The fourth-order valence-corrected chi connectivity index (χ4v) is 5.39. The zero-order chi connectivity index (χ0) is 20.6. The van der Waals surface area contributed by atoms with Crippen molar-refractivity contribution in [3.05, 3.63) is 108 Å². The summed E-state index contributed by atoms with van der Waals surface area (Å²) in [6, 6.07) is 20.5. The molecule has 28 heavy (non-hydrogen) atoms. The van der Waals surface area contributed by atoms with E-state index in [1.165, 1.54) is 5.56 Å². The predicted molar refractivity (Wildman–Crippen MR) is 125 cm³/mol. The van der Waals surface area contributed by atoms with Crippen LogP contribution in [-0.2, 0) is 8.85 Å². The molecule has 0 spiro atoms. The molecule has 0 aliphatic carbocycles.